The number of para-hydroxylation sites is 1. The third-order valence-corrected chi connectivity index (χ3v) is 4.61. The molecule has 1 aliphatic heterocycles. The maximum absolute atomic E-state index is 12.6. The number of fused-ring (bicyclic) bond motifs is 1. The zero-order valence-electron chi connectivity index (χ0n) is 14.5. The molecular formula is C19H21N5O. The Balaban J connectivity index is 1.65. The third-order valence-electron chi connectivity index (χ3n) is 4.61. The van der Waals surface area contributed by atoms with E-state index in [1.54, 1.807) is 0 Å². The average Bonchev–Trinajstić information content (AvgIpc) is 2.64. The van der Waals surface area contributed by atoms with Gasteiger partial charge in [0.05, 0.1) is 5.69 Å². The summed E-state index contributed by atoms with van der Waals surface area (Å²) in [5, 5.41) is 20.5. The molecule has 0 radical (unpaired) electrons. The van der Waals surface area contributed by atoms with Crippen molar-refractivity contribution in [1.82, 2.24) is 10.2 Å². The van der Waals surface area contributed by atoms with Crippen molar-refractivity contribution in [3.63, 3.8) is 0 Å². The van der Waals surface area contributed by atoms with E-state index >= 15 is 0 Å². The van der Waals surface area contributed by atoms with Gasteiger partial charge in [-0.1, -0.05) is 18.2 Å². The number of hydrogen-bond donors (Lipinski definition) is 1. The molecule has 0 fully saturated rings. The van der Waals surface area contributed by atoms with Gasteiger partial charge in [-0.2, -0.15) is 10.4 Å². The van der Waals surface area contributed by atoms with Crippen LogP contribution in [0.25, 0.3) is 0 Å². The minimum atomic E-state index is 0.0787. The van der Waals surface area contributed by atoms with Crippen molar-refractivity contribution < 1.29 is 4.79 Å². The lowest BCUT2D eigenvalue weighted by Crippen LogP contribution is -2.36. The van der Waals surface area contributed by atoms with Crippen LogP contribution in [0, 0.1) is 25.2 Å². The van der Waals surface area contributed by atoms with E-state index in [-0.39, 0.29) is 5.91 Å². The Labute approximate surface area is 147 Å². The first kappa shape index (κ1) is 16.9. The first-order valence-electron chi connectivity index (χ1n) is 8.48. The number of nitrogens with one attached hydrogen (secondary N) is 1. The first-order valence-corrected chi connectivity index (χ1v) is 8.48. The summed E-state index contributed by atoms with van der Waals surface area (Å²) < 4.78 is 0. The molecule has 1 N–H and O–H groups in total. The van der Waals surface area contributed by atoms with Gasteiger partial charge in [0.15, 0.2) is 5.82 Å². The van der Waals surface area contributed by atoms with Crippen molar-refractivity contribution in [2.75, 3.05) is 23.3 Å². The van der Waals surface area contributed by atoms with E-state index in [9.17, 15) is 10.1 Å². The highest BCUT2D eigenvalue weighted by Gasteiger charge is 2.21. The van der Waals surface area contributed by atoms with Crippen LogP contribution in [0.4, 0.5) is 11.5 Å². The second kappa shape index (κ2) is 7.31. The molecule has 6 heteroatoms. The zero-order valence-corrected chi connectivity index (χ0v) is 14.5. The molecule has 0 spiro atoms. The van der Waals surface area contributed by atoms with Crippen molar-refractivity contribution in [2.45, 2.75) is 33.1 Å². The number of aromatic nitrogens is 2. The molecule has 2 aromatic rings. The van der Waals surface area contributed by atoms with Crippen LogP contribution < -0.4 is 10.2 Å². The molecule has 0 atom stereocenters. The highest BCUT2D eigenvalue weighted by atomic mass is 16.2. The van der Waals surface area contributed by atoms with Crippen LogP contribution in [-0.2, 0) is 11.2 Å². The smallest absolute Gasteiger partial charge is 0.228 e. The molecule has 25 heavy (non-hydrogen) atoms. The molecule has 6 nitrogen and oxygen atoms in total. The number of carbonyl (C=O) groups excluding carboxylic acids is 1. The number of anilines is 2. The van der Waals surface area contributed by atoms with Crippen LogP contribution in [0.2, 0.25) is 0 Å². The molecule has 1 aromatic heterocycles. The Kier molecular flexibility index (Phi) is 4.94. The topological polar surface area (TPSA) is 81.9 Å². The van der Waals surface area contributed by atoms with E-state index in [1.165, 1.54) is 5.56 Å². The van der Waals surface area contributed by atoms with Gasteiger partial charge in [-0.25, -0.2) is 0 Å². The van der Waals surface area contributed by atoms with Gasteiger partial charge >= 0.3 is 0 Å². The lowest BCUT2D eigenvalue weighted by molar-refractivity contribution is -0.118. The Morgan fingerprint density at radius 3 is 2.92 bits per heavy atom. The SMILES string of the molecule is Cc1nnc(NCCC(=O)N2CCCc3ccccc32)c(C#N)c1C. The Hall–Kier alpha value is -2.94. The van der Waals surface area contributed by atoms with E-state index in [0.717, 1.165) is 36.3 Å². The molecule has 0 saturated heterocycles. The molecule has 1 aromatic carbocycles. The van der Waals surface area contributed by atoms with Crippen LogP contribution >= 0.6 is 0 Å². The quantitative estimate of drug-likeness (QED) is 0.929. The summed E-state index contributed by atoms with van der Waals surface area (Å²) in [7, 11) is 0. The minimum absolute atomic E-state index is 0.0787. The van der Waals surface area contributed by atoms with E-state index in [4.69, 9.17) is 0 Å². The summed E-state index contributed by atoms with van der Waals surface area (Å²) in [5.41, 5.74) is 4.28. The van der Waals surface area contributed by atoms with E-state index < -0.39 is 0 Å². The lowest BCUT2D eigenvalue weighted by Gasteiger charge is -2.29. The van der Waals surface area contributed by atoms with Crippen molar-refractivity contribution in [2.24, 2.45) is 0 Å². The molecule has 0 aliphatic carbocycles. The Bertz CT molecular complexity index is 840. The Morgan fingerprint density at radius 1 is 1.32 bits per heavy atom. The molecule has 0 saturated carbocycles. The summed E-state index contributed by atoms with van der Waals surface area (Å²) in [6, 6.07) is 10.2. The molecule has 0 unspecified atom stereocenters. The summed E-state index contributed by atoms with van der Waals surface area (Å²) in [6.07, 6.45) is 2.34. The van der Waals surface area contributed by atoms with Crippen LogP contribution in [0.15, 0.2) is 24.3 Å². The monoisotopic (exact) mass is 335 g/mol. The van der Waals surface area contributed by atoms with Gasteiger partial charge in [0.1, 0.15) is 11.6 Å². The molecule has 1 amide bonds. The second-order valence-electron chi connectivity index (χ2n) is 6.20. The average molecular weight is 335 g/mol. The predicted octanol–water partition coefficient (Wildman–Crippen LogP) is 2.75. The van der Waals surface area contributed by atoms with Crippen molar-refractivity contribution >= 4 is 17.4 Å². The number of amides is 1. The van der Waals surface area contributed by atoms with Gasteiger partial charge in [0, 0.05) is 25.2 Å². The van der Waals surface area contributed by atoms with Crippen LogP contribution in [0.5, 0.6) is 0 Å². The third kappa shape index (κ3) is 3.45. The molecule has 3 rings (SSSR count). The van der Waals surface area contributed by atoms with E-state index in [2.05, 4.69) is 27.6 Å². The van der Waals surface area contributed by atoms with Gasteiger partial charge in [0.25, 0.3) is 0 Å². The predicted molar refractivity (Wildman–Crippen MR) is 96.4 cm³/mol. The van der Waals surface area contributed by atoms with Crippen LogP contribution in [-0.4, -0.2) is 29.2 Å². The van der Waals surface area contributed by atoms with Gasteiger partial charge in [0.2, 0.25) is 5.91 Å². The van der Waals surface area contributed by atoms with Crippen molar-refractivity contribution in [3.8, 4) is 6.07 Å². The number of carbonyl (C=O) groups is 1. The van der Waals surface area contributed by atoms with Gasteiger partial charge in [-0.05, 0) is 43.9 Å². The fraction of sp³-hybridized carbons (Fsp3) is 0.368. The maximum Gasteiger partial charge on any atom is 0.228 e. The Morgan fingerprint density at radius 2 is 2.12 bits per heavy atom. The van der Waals surface area contributed by atoms with Gasteiger partial charge < -0.3 is 10.2 Å². The fourth-order valence-corrected chi connectivity index (χ4v) is 3.08. The first-order chi connectivity index (χ1) is 12.1. The summed E-state index contributed by atoms with van der Waals surface area (Å²) in [6.45, 7) is 4.85. The molecule has 0 bridgehead atoms. The van der Waals surface area contributed by atoms with Gasteiger partial charge in [-0.15, -0.1) is 5.10 Å². The van der Waals surface area contributed by atoms with Crippen LogP contribution in [0.3, 0.4) is 0 Å². The lowest BCUT2D eigenvalue weighted by atomic mass is 10.0. The largest absolute Gasteiger partial charge is 0.367 e. The van der Waals surface area contributed by atoms with E-state index in [1.807, 2.05) is 36.9 Å². The minimum Gasteiger partial charge on any atom is -0.367 e. The molecule has 1 aliphatic rings. The number of nitrogens with zero attached hydrogens (tertiary/aromatic N) is 4. The second-order valence-corrected chi connectivity index (χ2v) is 6.20. The highest BCUT2D eigenvalue weighted by Crippen LogP contribution is 2.27. The number of nitriles is 1. The summed E-state index contributed by atoms with van der Waals surface area (Å²) >= 11 is 0. The summed E-state index contributed by atoms with van der Waals surface area (Å²) in [5.74, 6) is 0.521. The maximum atomic E-state index is 12.6. The molecule has 2 heterocycles. The highest BCUT2D eigenvalue weighted by molar-refractivity contribution is 5.94. The van der Waals surface area contributed by atoms with Crippen molar-refractivity contribution in [1.29, 1.82) is 5.26 Å². The van der Waals surface area contributed by atoms with E-state index in [0.29, 0.717) is 24.3 Å². The number of aryl methyl sites for hydroxylation is 2. The van der Waals surface area contributed by atoms with Crippen LogP contribution in [0.1, 0.15) is 35.2 Å². The van der Waals surface area contributed by atoms with Crippen molar-refractivity contribution in [3.05, 3.63) is 46.6 Å². The normalized spacial score (nSPS) is 13.1. The summed E-state index contributed by atoms with van der Waals surface area (Å²) in [4.78, 5) is 14.5. The standard InChI is InChI=1S/C19H21N5O/c1-13-14(2)22-23-19(16(13)12-20)21-10-9-18(25)24-11-5-7-15-6-3-4-8-17(15)24/h3-4,6,8H,5,7,9-11H2,1-2H3,(H,21,23). The number of benzene rings is 1. The molecular weight excluding hydrogens is 314 g/mol. The fourth-order valence-electron chi connectivity index (χ4n) is 3.08. The van der Waals surface area contributed by atoms with Gasteiger partial charge in [-0.3, -0.25) is 4.79 Å². The molecule has 128 valence electrons. The zero-order chi connectivity index (χ0) is 17.8. The number of hydrogen-bond acceptors (Lipinski definition) is 5. The number of rotatable bonds is 4.